The molecule has 0 saturated heterocycles. The lowest BCUT2D eigenvalue weighted by Gasteiger charge is -2.10. The fraction of sp³-hybridized carbons (Fsp3) is 0.438. The normalized spacial score (nSPS) is 11.6. The maximum absolute atomic E-state index is 13.5. The highest BCUT2D eigenvalue weighted by Crippen LogP contribution is 2.21. The van der Waals surface area contributed by atoms with Crippen LogP contribution in [0.3, 0.4) is 0 Å². The van der Waals surface area contributed by atoms with Crippen LogP contribution in [-0.2, 0) is 16.6 Å². The first kappa shape index (κ1) is 18.0. The number of aryl methyl sites for hydroxylation is 1. The molecule has 0 aliphatic carbocycles. The first-order chi connectivity index (χ1) is 11.2. The first-order valence-electron chi connectivity index (χ1n) is 7.45. The van der Waals surface area contributed by atoms with Crippen LogP contribution in [0.1, 0.15) is 45.3 Å². The zero-order valence-electron chi connectivity index (χ0n) is 13.6. The summed E-state index contributed by atoms with van der Waals surface area (Å²) in [4.78, 5) is 16.0. The van der Waals surface area contributed by atoms with E-state index >= 15 is 0 Å². The second kappa shape index (κ2) is 7.02. The maximum Gasteiger partial charge on any atom is 0.226 e. The molecule has 1 aromatic carbocycles. The lowest BCUT2D eigenvalue weighted by atomic mass is 9.96. The predicted molar refractivity (Wildman–Crippen MR) is 80.9 cm³/mol. The highest BCUT2D eigenvalue weighted by atomic mass is 19.2. The average molecular weight is 341 g/mol. The van der Waals surface area contributed by atoms with Crippen LogP contribution in [-0.4, -0.2) is 16.0 Å². The number of amides is 1. The van der Waals surface area contributed by atoms with E-state index in [-0.39, 0.29) is 11.8 Å². The van der Waals surface area contributed by atoms with Gasteiger partial charge < -0.3 is 9.84 Å². The molecule has 5 nitrogen and oxygen atoms in total. The molecule has 0 saturated carbocycles. The smallest absolute Gasteiger partial charge is 0.226 e. The van der Waals surface area contributed by atoms with Gasteiger partial charge in [-0.25, -0.2) is 13.2 Å². The van der Waals surface area contributed by atoms with Gasteiger partial charge in [0.2, 0.25) is 11.8 Å². The van der Waals surface area contributed by atoms with E-state index in [1.165, 1.54) is 0 Å². The summed E-state index contributed by atoms with van der Waals surface area (Å²) in [6, 6.07) is 1.72. The maximum atomic E-state index is 13.5. The minimum Gasteiger partial charge on any atom is -0.339 e. The van der Waals surface area contributed by atoms with E-state index in [9.17, 15) is 18.0 Å². The third-order valence-corrected chi connectivity index (χ3v) is 3.24. The summed E-state index contributed by atoms with van der Waals surface area (Å²) in [6.07, 6.45) is 0.825. The van der Waals surface area contributed by atoms with Gasteiger partial charge in [-0.15, -0.1) is 0 Å². The number of hydrogen-bond donors (Lipinski definition) is 1. The van der Waals surface area contributed by atoms with Crippen LogP contribution in [0.4, 0.5) is 18.9 Å². The van der Waals surface area contributed by atoms with Crippen molar-refractivity contribution in [1.82, 2.24) is 10.1 Å². The van der Waals surface area contributed by atoms with E-state index in [2.05, 4.69) is 15.5 Å². The molecule has 0 aliphatic rings. The molecule has 2 aromatic rings. The number of aromatic nitrogens is 2. The Labute approximate surface area is 137 Å². The van der Waals surface area contributed by atoms with Gasteiger partial charge in [-0.3, -0.25) is 4.79 Å². The minimum atomic E-state index is -1.62. The predicted octanol–water partition coefficient (Wildman–Crippen LogP) is 3.75. The van der Waals surface area contributed by atoms with Crippen LogP contribution < -0.4 is 5.32 Å². The Balaban J connectivity index is 1.86. The standard InChI is InChI=1S/C16H18F3N3O2/c1-16(2,3)15-21-12(24-22-15)6-4-5-11(23)20-10-8-7-9(17)13(18)14(10)19/h7-8H,4-6H2,1-3H3,(H,20,23). The molecule has 1 amide bonds. The van der Waals surface area contributed by atoms with Crippen molar-refractivity contribution >= 4 is 11.6 Å². The van der Waals surface area contributed by atoms with Crippen molar-refractivity contribution in [3.05, 3.63) is 41.3 Å². The van der Waals surface area contributed by atoms with Gasteiger partial charge in [0.1, 0.15) is 0 Å². The first-order valence-corrected chi connectivity index (χ1v) is 7.45. The van der Waals surface area contributed by atoms with Gasteiger partial charge in [-0.05, 0) is 18.6 Å². The second-order valence-electron chi connectivity index (χ2n) is 6.39. The quantitative estimate of drug-likeness (QED) is 0.841. The molecule has 0 atom stereocenters. The van der Waals surface area contributed by atoms with Crippen LogP contribution in [0.25, 0.3) is 0 Å². The molecule has 1 heterocycles. The molecule has 0 aliphatic heterocycles. The fourth-order valence-corrected chi connectivity index (χ4v) is 1.90. The van der Waals surface area contributed by atoms with Crippen LogP contribution >= 0.6 is 0 Å². The van der Waals surface area contributed by atoms with Gasteiger partial charge in [0.25, 0.3) is 0 Å². The van der Waals surface area contributed by atoms with Crippen LogP contribution in [0.15, 0.2) is 16.7 Å². The summed E-state index contributed by atoms with van der Waals surface area (Å²) in [5.74, 6) is -3.88. The van der Waals surface area contributed by atoms with Crippen LogP contribution in [0.2, 0.25) is 0 Å². The van der Waals surface area contributed by atoms with Crippen molar-refractivity contribution in [2.24, 2.45) is 0 Å². The number of nitrogens with zero attached hydrogens (tertiary/aromatic N) is 2. The van der Waals surface area contributed by atoms with Crippen molar-refractivity contribution in [3.8, 4) is 0 Å². The lowest BCUT2D eigenvalue weighted by Crippen LogP contribution is -2.14. The van der Waals surface area contributed by atoms with E-state index < -0.39 is 29.0 Å². The molecule has 0 radical (unpaired) electrons. The van der Waals surface area contributed by atoms with Crippen molar-refractivity contribution in [1.29, 1.82) is 0 Å². The van der Waals surface area contributed by atoms with E-state index in [0.717, 1.165) is 12.1 Å². The monoisotopic (exact) mass is 341 g/mol. The number of halogens is 3. The number of benzene rings is 1. The topological polar surface area (TPSA) is 68.0 Å². The summed E-state index contributed by atoms with van der Waals surface area (Å²) < 4.78 is 44.5. The number of carbonyl (C=O) groups excluding carboxylic acids is 1. The van der Waals surface area contributed by atoms with Crippen molar-refractivity contribution in [2.75, 3.05) is 5.32 Å². The Morgan fingerprint density at radius 2 is 1.92 bits per heavy atom. The molecule has 1 aromatic heterocycles. The molecule has 24 heavy (non-hydrogen) atoms. The molecule has 0 bridgehead atoms. The van der Waals surface area contributed by atoms with Gasteiger partial charge in [0.15, 0.2) is 23.3 Å². The Morgan fingerprint density at radius 3 is 2.54 bits per heavy atom. The average Bonchev–Trinajstić information content (AvgIpc) is 2.97. The van der Waals surface area contributed by atoms with Crippen molar-refractivity contribution in [2.45, 2.75) is 45.4 Å². The van der Waals surface area contributed by atoms with Gasteiger partial charge in [0, 0.05) is 18.3 Å². The minimum absolute atomic E-state index is 0.0473. The highest BCUT2D eigenvalue weighted by Gasteiger charge is 2.21. The third kappa shape index (κ3) is 4.33. The van der Waals surface area contributed by atoms with Crippen molar-refractivity contribution < 1.29 is 22.5 Å². The molecule has 0 spiro atoms. The Hall–Kier alpha value is -2.38. The van der Waals surface area contributed by atoms with Gasteiger partial charge in [0.05, 0.1) is 5.69 Å². The number of carbonyl (C=O) groups is 1. The van der Waals surface area contributed by atoms with Crippen LogP contribution in [0, 0.1) is 17.5 Å². The van der Waals surface area contributed by atoms with Gasteiger partial charge >= 0.3 is 0 Å². The van der Waals surface area contributed by atoms with E-state index in [0.29, 0.717) is 24.6 Å². The Kier molecular flexibility index (Phi) is 5.26. The van der Waals surface area contributed by atoms with E-state index in [1.54, 1.807) is 0 Å². The largest absolute Gasteiger partial charge is 0.339 e. The summed E-state index contributed by atoms with van der Waals surface area (Å²) in [6.45, 7) is 5.85. The molecule has 0 fully saturated rings. The zero-order chi connectivity index (χ0) is 17.9. The summed E-state index contributed by atoms with van der Waals surface area (Å²) in [5, 5.41) is 6.08. The molecule has 8 heteroatoms. The number of rotatable bonds is 5. The van der Waals surface area contributed by atoms with Gasteiger partial charge in [-0.2, -0.15) is 4.98 Å². The summed E-state index contributed by atoms with van der Waals surface area (Å²) in [5.41, 5.74) is -0.629. The fourth-order valence-electron chi connectivity index (χ4n) is 1.90. The lowest BCUT2D eigenvalue weighted by molar-refractivity contribution is -0.116. The molecular weight excluding hydrogens is 323 g/mol. The molecular formula is C16H18F3N3O2. The Bertz CT molecular complexity index is 739. The summed E-state index contributed by atoms with van der Waals surface area (Å²) >= 11 is 0. The molecule has 1 N–H and O–H groups in total. The van der Waals surface area contributed by atoms with Gasteiger partial charge in [-0.1, -0.05) is 25.9 Å². The Morgan fingerprint density at radius 1 is 1.21 bits per heavy atom. The third-order valence-electron chi connectivity index (χ3n) is 3.24. The molecule has 0 unspecified atom stereocenters. The van der Waals surface area contributed by atoms with Crippen molar-refractivity contribution in [3.63, 3.8) is 0 Å². The number of hydrogen-bond acceptors (Lipinski definition) is 4. The zero-order valence-corrected chi connectivity index (χ0v) is 13.6. The second-order valence-corrected chi connectivity index (χ2v) is 6.39. The molecule has 2 rings (SSSR count). The summed E-state index contributed by atoms with van der Waals surface area (Å²) in [7, 11) is 0. The van der Waals surface area contributed by atoms with E-state index in [4.69, 9.17) is 4.52 Å². The SMILES string of the molecule is CC(C)(C)c1noc(CCCC(=O)Nc2ccc(F)c(F)c2F)n1. The highest BCUT2D eigenvalue weighted by molar-refractivity contribution is 5.90. The molecule has 130 valence electrons. The number of nitrogens with one attached hydrogen (secondary N) is 1. The van der Waals surface area contributed by atoms with E-state index in [1.807, 2.05) is 20.8 Å². The van der Waals surface area contributed by atoms with Crippen LogP contribution in [0.5, 0.6) is 0 Å². The number of anilines is 1.